The van der Waals surface area contributed by atoms with Crippen molar-refractivity contribution in [2.75, 3.05) is 38.2 Å². The highest BCUT2D eigenvalue weighted by atomic mass is 28.3. The van der Waals surface area contributed by atoms with Crippen molar-refractivity contribution in [1.82, 2.24) is 9.80 Å². The van der Waals surface area contributed by atoms with Gasteiger partial charge in [0.1, 0.15) is 11.6 Å². The number of amides is 1. The molecule has 0 bridgehead atoms. The molecule has 37 heavy (non-hydrogen) atoms. The number of esters is 1. The standard InChI is InChI=1S/C29H49N3O4Si/c1-22(2)25(26(33)35-17-18-37(7,8)9)30(6)19-23-11-13-24(14-12-23)31-20-29(21-31)15-10-16-32(29)27(34)36-28(3,4)5/h11-14,22,25H,10,15-21H2,1-9H3/t25-/m0/s1. The third-order valence-electron chi connectivity index (χ3n) is 7.36. The molecule has 208 valence electrons. The van der Waals surface area contributed by atoms with Crippen molar-refractivity contribution in [2.24, 2.45) is 5.92 Å². The molecule has 1 aromatic rings. The number of likely N-dealkylation sites (tertiary alicyclic amines) is 1. The Kier molecular flexibility index (Phi) is 9.05. The summed E-state index contributed by atoms with van der Waals surface area (Å²) in [6.07, 6.45) is 1.85. The highest BCUT2D eigenvalue weighted by Crippen LogP contribution is 2.40. The monoisotopic (exact) mass is 531 g/mol. The van der Waals surface area contributed by atoms with Crippen LogP contribution in [0.5, 0.6) is 0 Å². The third kappa shape index (κ3) is 7.73. The van der Waals surface area contributed by atoms with Crippen LogP contribution in [-0.4, -0.2) is 80.4 Å². The Morgan fingerprint density at radius 1 is 1.11 bits per heavy atom. The van der Waals surface area contributed by atoms with Gasteiger partial charge >= 0.3 is 12.1 Å². The van der Waals surface area contributed by atoms with Gasteiger partial charge < -0.3 is 14.4 Å². The van der Waals surface area contributed by atoms with Gasteiger partial charge in [-0.15, -0.1) is 0 Å². The molecule has 1 aromatic carbocycles. The number of carbonyl (C=O) groups is 2. The van der Waals surface area contributed by atoms with Crippen molar-refractivity contribution in [3.63, 3.8) is 0 Å². The van der Waals surface area contributed by atoms with E-state index in [9.17, 15) is 9.59 Å². The van der Waals surface area contributed by atoms with Gasteiger partial charge in [0.2, 0.25) is 0 Å². The summed E-state index contributed by atoms with van der Waals surface area (Å²) in [5.74, 6) is 0.0459. The summed E-state index contributed by atoms with van der Waals surface area (Å²) < 4.78 is 11.3. The third-order valence-corrected chi connectivity index (χ3v) is 9.06. The molecule has 2 aliphatic heterocycles. The van der Waals surface area contributed by atoms with Crippen LogP contribution in [0, 0.1) is 5.92 Å². The molecule has 7 nitrogen and oxygen atoms in total. The van der Waals surface area contributed by atoms with E-state index in [-0.39, 0.29) is 29.6 Å². The highest BCUT2D eigenvalue weighted by molar-refractivity contribution is 6.76. The summed E-state index contributed by atoms with van der Waals surface area (Å²) in [5.41, 5.74) is 1.74. The van der Waals surface area contributed by atoms with E-state index in [0.29, 0.717) is 13.2 Å². The topological polar surface area (TPSA) is 62.3 Å². The second kappa shape index (κ2) is 11.4. The number of anilines is 1. The summed E-state index contributed by atoms with van der Waals surface area (Å²) in [6.45, 7) is 20.4. The number of ether oxygens (including phenoxy) is 2. The molecule has 0 N–H and O–H groups in total. The number of benzene rings is 1. The molecular weight excluding hydrogens is 482 g/mol. The molecule has 1 spiro atoms. The molecule has 3 rings (SSSR count). The van der Waals surface area contributed by atoms with Gasteiger partial charge in [0.05, 0.1) is 12.1 Å². The fraction of sp³-hybridized carbons (Fsp3) is 0.724. The second-order valence-electron chi connectivity index (χ2n) is 13.6. The van der Waals surface area contributed by atoms with E-state index in [1.165, 1.54) is 11.3 Å². The van der Waals surface area contributed by atoms with E-state index in [1.54, 1.807) is 0 Å². The Hall–Kier alpha value is -2.06. The van der Waals surface area contributed by atoms with Crippen LogP contribution in [0.4, 0.5) is 10.5 Å². The summed E-state index contributed by atoms with van der Waals surface area (Å²) in [5, 5.41) is 0. The fourth-order valence-electron chi connectivity index (χ4n) is 5.42. The number of hydrogen-bond acceptors (Lipinski definition) is 6. The zero-order valence-electron chi connectivity index (χ0n) is 24.6. The lowest BCUT2D eigenvalue weighted by Gasteiger charge is -2.53. The van der Waals surface area contributed by atoms with Crippen LogP contribution in [-0.2, 0) is 20.8 Å². The van der Waals surface area contributed by atoms with Crippen molar-refractivity contribution in [3.8, 4) is 0 Å². The molecule has 0 radical (unpaired) electrons. The molecule has 2 aliphatic rings. The normalized spacial score (nSPS) is 18.4. The molecule has 0 aromatic heterocycles. The lowest BCUT2D eigenvalue weighted by molar-refractivity contribution is -0.151. The number of rotatable bonds is 9. The summed E-state index contributed by atoms with van der Waals surface area (Å²) >= 11 is 0. The minimum atomic E-state index is -1.24. The molecule has 0 saturated carbocycles. The van der Waals surface area contributed by atoms with Crippen LogP contribution >= 0.6 is 0 Å². The average molecular weight is 532 g/mol. The van der Waals surface area contributed by atoms with Crippen LogP contribution in [0.3, 0.4) is 0 Å². The number of nitrogens with zero attached hydrogens (tertiary/aromatic N) is 3. The Morgan fingerprint density at radius 3 is 2.27 bits per heavy atom. The first-order valence-corrected chi connectivity index (χ1v) is 17.5. The first-order valence-electron chi connectivity index (χ1n) is 13.8. The lowest BCUT2D eigenvalue weighted by atomic mass is 9.86. The summed E-state index contributed by atoms with van der Waals surface area (Å²) in [4.78, 5) is 32.0. The predicted molar refractivity (Wildman–Crippen MR) is 153 cm³/mol. The first-order chi connectivity index (χ1) is 17.1. The van der Waals surface area contributed by atoms with E-state index in [0.717, 1.165) is 38.5 Å². The predicted octanol–water partition coefficient (Wildman–Crippen LogP) is 5.61. The van der Waals surface area contributed by atoms with Gasteiger partial charge in [-0.05, 0) is 70.3 Å². The first kappa shape index (κ1) is 29.5. The van der Waals surface area contributed by atoms with Crippen LogP contribution in [0.25, 0.3) is 0 Å². The Bertz CT molecular complexity index is 930. The molecule has 2 saturated heterocycles. The van der Waals surface area contributed by atoms with Gasteiger partial charge in [-0.2, -0.15) is 0 Å². The van der Waals surface area contributed by atoms with E-state index in [2.05, 4.69) is 67.6 Å². The SMILES string of the molecule is CC(C)[C@@H](C(=O)OCC[Si](C)(C)C)N(C)Cc1ccc(N2CC3(CCCN3C(=O)OC(C)(C)C)C2)cc1. The zero-order chi connectivity index (χ0) is 27.6. The summed E-state index contributed by atoms with van der Waals surface area (Å²) in [6, 6.07) is 9.31. The van der Waals surface area contributed by atoms with Crippen molar-refractivity contribution in [1.29, 1.82) is 0 Å². The second-order valence-corrected chi connectivity index (χ2v) is 19.2. The maximum Gasteiger partial charge on any atom is 0.410 e. The minimum Gasteiger partial charge on any atom is -0.465 e. The molecule has 1 atom stereocenters. The van der Waals surface area contributed by atoms with Crippen molar-refractivity contribution in [2.45, 2.75) is 96.9 Å². The van der Waals surface area contributed by atoms with Crippen LogP contribution in [0.1, 0.15) is 53.0 Å². The van der Waals surface area contributed by atoms with Gasteiger partial charge in [0, 0.05) is 39.9 Å². The van der Waals surface area contributed by atoms with Crippen molar-refractivity contribution in [3.05, 3.63) is 29.8 Å². The quantitative estimate of drug-likeness (QED) is 0.305. The smallest absolute Gasteiger partial charge is 0.410 e. The lowest BCUT2D eigenvalue weighted by Crippen LogP contribution is -2.69. The van der Waals surface area contributed by atoms with E-state index < -0.39 is 13.7 Å². The van der Waals surface area contributed by atoms with Crippen LogP contribution in [0.2, 0.25) is 25.7 Å². The molecule has 2 heterocycles. The van der Waals surface area contributed by atoms with Crippen molar-refractivity contribution >= 4 is 25.8 Å². The Labute approximate surface area is 225 Å². The zero-order valence-corrected chi connectivity index (χ0v) is 25.6. The van der Waals surface area contributed by atoms with E-state index in [4.69, 9.17) is 9.47 Å². The van der Waals surface area contributed by atoms with Gasteiger partial charge in [-0.3, -0.25) is 14.6 Å². The van der Waals surface area contributed by atoms with Crippen molar-refractivity contribution < 1.29 is 19.1 Å². The molecule has 2 fully saturated rings. The van der Waals surface area contributed by atoms with Gasteiger partial charge in [-0.25, -0.2) is 4.79 Å². The van der Waals surface area contributed by atoms with Gasteiger partial charge in [-0.1, -0.05) is 45.6 Å². The number of hydrogen-bond donors (Lipinski definition) is 0. The van der Waals surface area contributed by atoms with Crippen LogP contribution < -0.4 is 4.90 Å². The molecule has 1 amide bonds. The number of carbonyl (C=O) groups excluding carboxylic acids is 2. The average Bonchev–Trinajstić information content (AvgIpc) is 3.16. The Balaban J connectivity index is 1.56. The van der Waals surface area contributed by atoms with Gasteiger partial charge in [0.25, 0.3) is 0 Å². The minimum absolute atomic E-state index is 0.110. The highest BCUT2D eigenvalue weighted by Gasteiger charge is 2.53. The Morgan fingerprint density at radius 2 is 1.73 bits per heavy atom. The number of likely N-dealkylation sites (N-methyl/N-ethyl adjacent to an activating group) is 1. The van der Waals surface area contributed by atoms with Gasteiger partial charge in [0.15, 0.2) is 0 Å². The molecular formula is C29H49N3O4Si. The van der Waals surface area contributed by atoms with Crippen LogP contribution in [0.15, 0.2) is 24.3 Å². The van der Waals surface area contributed by atoms with E-state index >= 15 is 0 Å². The largest absolute Gasteiger partial charge is 0.465 e. The van der Waals surface area contributed by atoms with E-state index in [1.807, 2.05) is 32.7 Å². The fourth-order valence-corrected chi connectivity index (χ4v) is 6.13. The molecule has 0 aliphatic carbocycles. The maximum atomic E-state index is 12.9. The maximum absolute atomic E-state index is 12.9. The summed E-state index contributed by atoms with van der Waals surface area (Å²) in [7, 11) is 0.765. The molecule has 0 unspecified atom stereocenters. The molecule has 8 heteroatoms.